The summed E-state index contributed by atoms with van der Waals surface area (Å²) in [5, 5.41) is 3.43. The largest absolute Gasteiger partial charge is 0.288 e. The van der Waals surface area contributed by atoms with E-state index in [1.807, 2.05) is 12.1 Å². The van der Waals surface area contributed by atoms with Gasteiger partial charge in [0, 0.05) is 5.33 Å². The molecule has 22 heavy (non-hydrogen) atoms. The van der Waals surface area contributed by atoms with Crippen molar-refractivity contribution in [2.24, 2.45) is 5.41 Å². The van der Waals surface area contributed by atoms with E-state index in [0.717, 1.165) is 30.2 Å². The van der Waals surface area contributed by atoms with Gasteiger partial charge in [-0.1, -0.05) is 54.8 Å². The standard InChI is InChI=1S/C18H24BrNO2/c1-18(2,11-12-19)10-5-3-4-7-13-8-6-9-14-15(13)17(22)20-16(14)21/h6,8-9H,3-5,7,10-12H2,1-2H3,(H,20,21,22). The average Bonchev–Trinajstić information content (AvgIpc) is 2.74. The first-order valence-corrected chi connectivity index (χ1v) is 9.10. The highest BCUT2D eigenvalue weighted by Gasteiger charge is 2.28. The molecule has 1 aromatic rings. The zero-order valence-corrected chi connectivity index (χ0v) is 15.0. The maximum atomic E-state index is 11.9. The van der Waals surface area contributed by atoms with Gasteiger partial charge in [-0.3, -0.25) is 14.9 Å². The molecule has 0 fully saturated rings. The summed E-state index contributed by atoms with van der Waals surface area (Å²) in [7, 11) is 0. The van der Waals surface area contributed by atoms with Crippen LogP contribution in [0.3, 0.4) is 0 Å². The van der Waals surface area contributed by atoms with E-state index in [-0.39, 0.29) is 11.8 Å². The minimum Gasteiger partial charge on any atom is -0.288 e. The number of unbranched alkanes of at least 4 members (excludes halogenated alkanes) is 2. The Morgan fingerprint density at radius 1 is 1.05 bits per heavy atom. The molecule has 0 spiro atoms. The van der Waals surface area contributed by atoms with Crippen molar-refractivity contribution in [3.63, 3.8) is 0 Å². The molecule has 0 aromatic heterocycles. The fourth-order valence-electron chi connectivity index (χ4n) is 2.98. The molecule has 2 rings (SSSR count). The monoisotopic (exact) mass is 365 g/mol. The number of nitrogens with one attached hydrogen (secondary N) is 1. The molecule has 0 unspecified atom stereocenters. The van der Waals surface area contributed by atoms with Gasteiger partial charge in [0.25, 0.3) is 11.8 Å². The van der Waals surface area contributed by atoms with Gasteiger partial charge in [-0.25, -0.2) is 0 Å². The maximum absolute atomic E-state index is 11.9. The first kappa shape index (κ1) is 17.2. The van der Waals surface area contributed by atoms with E-state index in [9.17, 15) is 9.59 Å². The molecular weight excluding hydrogens is 342 g/mol. The van der Waals surface area contributed by atoms with Gasteiger partial charge < -0.3 is 0 Å². The summed E-state index contributed by atoms with van der Waals surface area (Å²) in [4.78, 5) is 23.5. The molecule has 1 aliphatic heterocycles. The lowest BCUT2D eigenvalue weighted by Gasteiger charge is -2.23. The van der Waals surface area contributed by atoms with Crippen LogP contribution in [0, 0.1) is 5.41 Å². The lowest BCUT2D eigenvalue weighted by atomic mass is 9.84. The van der Waals surface area contributed by atoms with E-state index < -0.39 is 0 Å². The third kappa shape index (κ3) is 4.19. The van der Waals surface area contributed by atoms with Gasteiger partial charge in [-0.15, -0.1) is 0 Å². The molecule has 1 N–H and O–H groups in total. The summed E-state index contributed by atoms with van der Waals surface area (Å²) in [5.74, 6) is -0.507. The van der Waals surface area contributed by atoms with E-state index in [1.54, 1.807) is 6.07 Å². The van der Waals surface area contributed by atoms with Crippen molar-refractivity contribution in [2.75, 3.05) is 5.33 Å². The fraction of sp³-hybridized carbons (Fsp3) is 0.556. The van der Waals surface area contributed by atoms with Gasteiger partial charge in [-0.2, -0.15) is 0 Å². The Labute approximate surface area is 141 Å². The molecular formula is C18H24BrNO2. The molecule has 1 heterocycles. The predicted molar refractivity (Wildman–Crippen MR) is 92.6 cm³/mol. The van der Waals surface area contributed by atoms with Crippen molar-refractivity contribution in [3.8, 4) is 0 Å². The second-order valence-corrected chi connectivity index (χ2v) is 7.58. The predicted octanol–water partition coefficient (Wildman–Crippen LogP) is 4.48. The maximum Gasteiger partial charge on any atom is 0.259 e. The van der Waals surface area contributed by atoms with Gasteiger partial charge in [0.2, 0.25) is 0 Å². The van der Waals surface area contributed by atoms with E-state index in [2.05, 4.69) is 35.1 Å². The molecule has 0 saturated heterocycles. The number of alkyl halides is 1. The molecule has 4 heteroatoms. The highest BCUT2D eigenvalue weighted by atomic mass is 79.9. The zero-order chi connectivity index (χ0) is 16.2. The molecule has 1 aliphatic rings. The van der Waals surface area contributed by atoms with Crippen LogP contribution in [0.25, 0.3) is 0 Å². The SMILES string of the molecule is CC(C)(CCBr)CCCCCc1cccc2c1C(=O)NC2=O. The lowest BCUT2D eigenvalue weighted by Crippen LogP contribution is -2.20. The lowest BCUT2D eigenvalue weighted by molar-refractivity contribution is 0.0879. The summed E-state index contributed by atoms with van der Waals surface area (Å²) in [6.07, 6.45) is 6.71. The molecule has 120 valence electrons. The van der Waals surface area contributed by atoms with E-state index in [4.69, 9.17) is 0 Å². The summed E-state index contributed by atoms with van der Waals surface area (Å²) in [6, 6.07) is 5.55. The van der Waals surface area contributed by atoms with Crippen LogP contribution in [0.2, 0.25) is 0 Å². The van der Waals surface area contributed by atoms with Gasteiger partial charge in [0.15, 0.2) is 0 Å². The first-order valence-electron chi connectivity index (χ1n) is 7.98. The van der Waals surface area contributed by atoms with Gasteiger partial charge in [0.1, 0.15) is 0 Å². The van der Waals surface area contributed by atoms with Crippen LogP contribution in [-0.4, -0.2) is 17.1 Å². The van der Waals surface area contributed by atoms with Crippen LogP contribution in [-0.2, 0) is 6.42 Å². The number of fused-ring (bicyclic) bond motifs is 1. The van der Waals surface area contributed by atoms with Crippen LogP contribution < -0.4 is 5.32 Å². The van der Waals surface area contributed by atoms with Gasteiger partial charge in [-0.05, 0) is 42.7 Å². The number of carbonyl (C=O) groups is 2. The number of aryl methyl sites for hydroxylation is 1. The second kappa shape index (κ2) is 7.40. The summed E-state index contributed by atoms with van der Waals surface area (Å²) >= 11 is 3.51. The smallest absolute Gasteiger partial charge is 0.259 e. The summed E-state index contributed by atoms with van der Waals surface area (Å²) in [5.41, 5.74) is 2.51. The van der Waals surface area contributed by atoms with Crippen molar-refractivity contribution in [1.29, 1.82) is 0 Å². The fourth-order valence-corrected chi connectivity index (χ4v) is 4.05. The van der Waals surface area contributed by atoms with Crippen molar-refractivity contribution in [2.45, 2.75) is 52.4 Å². The third-order valence-corrected chi connectivity index (χ3v) is 4.82. The van der Waals surface area contributed by atoms with Crippen molar-refractivity contribution < 1.29 is 9.59 Å². The molecule has 1 aromatic carbocycles. The molecule has 0 radical (unpaired) electrons. The van der Waals surface area contributed by atoms with Crippen LogP contribution in [0.1, 0.15) is 72.2 Å². The zero-order valence-electron chi connectivity index (χ0n) is 13.4. The number of benzene rings is 1. The molecule has 0 bridgehead atoms. The number of rotatable bonds is 8. The number of amides is 2. The minimum absolute atomic E-state index is 0.242. The van der Waals surface area contributed by atoms with Crippen LogP contribution in [0.4, 0.5) is 0 Å². The second-order valence-electron chi connectivity index (χ2n) is 6.79. The highest BCUT2D eigenvalue weighted by Crippen LogP contribution is 2.29. The van der Waals surface area contributed by atoms with Crippen molar-refractivity contribution >= 4 is 27.7 Å². The van der Waals surface area contributed by atoms with Crippen LogP contribution >= 0.6 is 15.9 Å². The summed E-state index contributed by atoms with van der Waals surface area (Å²) < 4.78 is 0. The highest BCUT2D eigenvalue weighted by molar-refractivity contribution is 9.09. The molecule has 3 nitrogen and oxygen atoms in total. The molecule has 0 saturated carbocycles. The Morgan fingerprint density at radius 2 is 1.82 bits per heavy atom. The third-order valence-electron chi connectivity index (χ3n) is 4.42. The van der Waals surface area contributed by atoms with Gasteiger partial charge in [0.05, 0.1) is 11.1 Å². The Hall–Kier alpha value is -1.16. The minimum atomic E-state index is -0.265. The average molecular weight is 366 g/mol. The number of hydrogen-bond donors (Lipinski definition) is 1. The van der Waals surface area contributed by atoms with Crippen molar-refractivity contribution in [3.05, 3.63) is 34.9 Å². The van der Waals surface area contributed by atoms with Crippen molar-refractivity contribution in [1.82, 2.24) is 5.32 Å². The number of carbonyl (C=O) groups excluding carboxylic acids is 2. The number of imide groups is 1. The summed E-state index contributed by atoms with van der Waals surface area (Å²) in [6.45, 7) is 4.63. The Bertz CT molecular complexity index is 566. The molecule has 0 atom stereocenters. The topological polar surface area (TPSA) is 46.2 Å². The van der Waals surface area contributed by atoms with Gasteiger partial charge >= 0.3 is 0 Å². The molecule has 0 aliphatic carbocycles. The first-order chi connectivity index (χ1) is 10.4. The van der Waals surface area contributed by atoms with E-state index in [1.165, 1.54) is 19.3 Å². The Balaban J connectivity index is 1.84. The van der Waals surface area contributed by atoms with E-state index >= 15 is 0 Å². The Kier molecular flexibility index (Phi) is 5.79. The normalized spacial score (nSPS) is 14.1. The number of halogens is 1. The van der Waals surface area contributed by atoms with Crippen LogP contribution in [0.5, 0.6) is 0 Å². The Morgan fingerprint density at radius 3 is 2.55 bits per heavy atom. The van der Waals surface area contributed by atoms with E-state index in [0.29, 0.717) is 16.5 Å². The molecule has 2 amide bonds. The quantitative estimate of drug-likeness (QED) is 0.419. The van der Waals surface area contributed by atoms with Crippen LogP contribution in [0.15, 0.2) is 18.2 Å². The number of hydrogen-bond acceptors (Lipinski definition) is 2.